The summed E-state index contributed by atoms with van der Waals surface area (Å²) in [6.07, 6.45) is 4.65. The molecule has 0 aromatic heterocycles. The van der Waals surface area contributed by atoms with Gasteiger partial charge in [-0.2, -0.15) is 0 Å². The third kappa shape index (κ3) is 1.26. The molecule has 0 radical (unpaired) electrons. The van der Waals surface area contributed by atoms with Gasteiger partial charge in [0, 0.05) is 0 Å². The fraction of sp³-hybridized carbons (Fsp3) is 0.500. The third-order valence-corrected chi connectivity index (χ3v) is 3.61. The van der Waals surface area contributed by atoms with E-state index in [-0.39, 0.29) is 6.10 Å². The molecule has 2 nitrogen and oxygen atoms in total. The Bertz CT molecular complexity index is 403. The summed E-state index contributed by atoms with van der Waals surface area (Å²) in [6.45, 7) is 2.11. The van der Waals surface area contributed by atoms with Crippen LogP contribution in [0.4, 0.5) is 0 Å². The van der Waals surface area contributed by atoms with E-state index in [0.29, 0.717) is 0 Å². The van der Waals surface area contributed by atoms with Crippen LogP contribution in [0.15, 0.2) is 12.1 Å². The van der Waals surface area contributed by atoms with Gasteiger partial charge in [0.15, 0.2) is 0 Å². The standard InChI is InChI=1S/C12H15BO2/c1-2-11-12-9-5-3-4-8(9)6-7-10(12)13(14)15-11/h6-7,11,14H,2-5H2,1H3. The second-order valence-corrected chi connectivity index (χ2v) is 4.45. The number of hydrogen-bond donors (Lipinski definition) is 1. The van der Waals surface area contributed by atoms with Gasteiger partial charge in [-0.15, -0.1) is 0 Å². The van der Waals surface area contributed by atoms with Gasteiger partial charge < -0.3 is 9.68 Å². The SMILES string of the molecule is CCC1OB(O)c2ccc3c(c21)CCC3. The van der Waals surface area contributed by atoms with Crippen LogP contribution in [0.1, 0.15) is 42.6 Å². The van der Waals surface area contributed by atoms with Crippen molar-refractivity contribution in [2.75, 3.05) is 0 Å². The van der Waals surface area contributed by atoms with Crippen LogP contribution in [0.2, 0.25) is 0 Å². The van der Waals surface area contributed by atoms with Gasteiger partial charge in [-0.3, -0.25) is 0 Å². The summed E-state index contributed by atoms with van der Waals surface area (Å²) >= 11 is 0. The van der Waals surface area contributed by atoms with Crippen molar-refractivity contribution < 1.29 is 9.68 Å². The molecule has 3 rings (SSSR count). The van der Waals surface area contributed by atoms with Crippen molar-refractivity contribution in [2.24, 2.45) is 0 Å². The zero-order valence-electron chi connectivity index (χ0n) is 8.99. The van der Waals surface area contributed by atoms with Gasteiger partial charge in [-0.05, 0) is 47.8 Å². The molecule has 1 unspecified atom stereocenters. The number of rotatable bonds is 1. The molecule has 0 amide bonds. The third-order valence-electron chi connectivity index (χ3n) is 3.61. The highest BCUT2D eigenvalue weighted by molar-refractivity contribution is 6.61. The summed E-state index contributed by atoms with van der Waals surface area (Å²) in [7, 11) is -0.698. The first-order valence-electron chi connectivity index (χ1n) is 5.79. The Kier molecular flexibility index (Phi) is 2.11. The summed E-state index contributed by atoms with van der Waals surface area (Å²) in [5, 5.41) is 9.79. The summed E-state index contributed by atoms with van der Waals surface area (Å²) in [5.41, 5.74) is 5.21. The van der Waals surface area contributed by atoms with Crippen molar-refractivity contribution in [1.82, 2.24) is 0 Å². The Labute approximate surface area is 90.4 Å². The minimum atomic E-state index is -0.698. The zero-order valence-corrected chi connectivity index (χ0v) is 8.99. The quantitative estimate of drug-likeness (QED) is 0.696. The molecule has 1 N–H and O–H groups in total. The predicted molar refractivity (Wildman–Crippen MR) is 60.2 cm³/mol. The Balaban J connectivity index is 2.18. The maximum absolute atomic E-state index is 9.79. The Morgan fingerprint density at radius 3 is 3.13 bits per heavy atom. The monoisotopic (exact) mass is 202 g/mol. The molecule has 1 aromatic rings. The van der Waals surface area contributed by atoms with Crippen molar-refractivity contribution >= 4 is 12.6 Å². The van der Waals surface area contributed by atoms with E-state index in [1.54, 1.807) is 0 Å². The second kappa shape index (κ2) is 3.36. The van der Waals surface area contributed by atoms with Gasteiger partial charge in [0.2, 0.25) is 0 Å². The summed E-state index contributed by atoms with van der Waals surface area (Å²) < 4.78 is 5.56. The molecule has 1 aliphatic carbocycles. The molecule has 1 heterocycles. The molecule has 0 spiro atoms. The van der Waals surface area contributed by atoms with E-state index in [0.717, 1.165) is 18.3 Å². The minimum Gasteiger partial charge on any atom is -0.423 e. The average Bonchev–Trinajstić information content (AvgIpc) is 2.81. The van der Waals surface area contributed by atoms with Crippen LogP contribution in [0.5, 0.6) is 0 Å². The fourth-order valence-electron chi connectivity index (χ4n) is 2.91. The Hall–Kier alpha value is -0.795. The molecular weight excluding hydrogens is 187 g/mol. The summed E-state index contributed by atoms with van der Waals surface area (Å²) in [6, 6.07) is 4.20. The predicted octanol–water partition coefficient (Wildman–Crippen LogP) is 1.34. The first-order valence-corrected chi connectivity index (χ1v) is 5.79. The summed E-state index contributed by atoms with van der Waals surface area (Å²) in [5.74, 6) is 0. The zero-order chi connectivity index (χ0) is 10.4. The molecule has 1 aliphatic heterocycles. The lowest BCUT2D eigenvalue weighted by Crippen LogP contribution is -2.28. The fourth-order valence-corrected chi connectivity index (χ4v) is 2.91. The van der Waals surface area contributed by atoms with Crippen LogP contribution < -0.4 is 5.46 Å². The molecule has 15 heavy (non-hydrogen) atoms. The van der Waals surface area contributed by atoms with Crippen molar-refractivity contribution in [2.45, 2.75) is 38.7 Å². The van der Waals surface area contributed by atoms with E-state index in [4.69, 9.17) is 4.65 Å². The maximum atomic E-state index is 9.79. The Morgan fingerprint density at radius 2 is 2.33 bits per heavy atom. The van der Waals surface area contributed by atoms with Crippen LogP contribution >= 0.6 is 0 Å². The maximum Gasteiger partial charge on any atom is 0.491 e. The molecule has 78 valence electrons. The second-order valence-electron chi connectivity index (χ2n) is 4.45. The molecule has 1 aromatic carbocycles. The lowest BCUT2D eigenvalue weighted by molar-refractivity contribution is 0.186. The van der Waals surface area contributed by atoms with Crippen molar-refractivity contribution in [3.63, 3.8) is 0 Å². The molecule has 2 aliphatic rings. The molecular formula is C12H15BO2. The highest BCUT2D eigenvalue weighted by Crippen LogP contribution is 2.34. The van der Waals surface area contributed by atoms with E-state index in [1.165, 1.54) is 29.5 Å². The van der Waals surface area contributed by atoms with Crippen molar-refractivity contribution in [3.8, 4) is 0 Å². The molecule has 3 heteroatoms. The molecule has 1 atom stereocenters. The minimum absolute atomic E-state index is 0.114. The molecule has 0 saturated heterocycles. The van der Waals surface area contributed by atoms with Crippen LogP contribution in [0.25, 0.3) is 0 Å². The summed E-state index contributed by atoms with van der Waals surface area (Å²) in [4.78, 5) is 0. The van der Waals surface area contributed by atoms with Gasteiger partial charge in [0.1, 0.15) is 0 Å². The number of hydrogen-bond acceptors (Lipinski definition) is 2. The lowest BCUT2D eigenvalue weighted by Gasteiger charge is -2.13. The normalized spacial score (nSPS) is 23.1. The van der Waals surface area contributed by atoms with Gasteiger partial charge >= 0.3 is 7.12 Å². The first kappa shape index (κ1) is 9.43. The topological polar surface area (TPSA) is 29.5 Å². The lowest BCUT2D eigenvalue weighted by atomic mass is 9.77. The van der Waals surface area contributed by atoms with Gasteiger partial charge in [0.25, 0.3) is 0 Å². The average molecular weight is 202 g/mol. The number of aryl methyl sites for hydroxylation is 1. The van der Waals surface area contributed by atoms with E-state index in [1.807, 2.05) is 6.07 Å². The highest BCUT2D eigenvalue weighted by Gasteiger charge is 2.37. The van der Waals surface area contributed by atoms with Crippen molar-refractivity contribution in [3.05, 3.63) is 28.8 Å². The molecule has 0 bridgehead atoms. The van der Waals surface area contributed by atoms with Crippen molar-refractivity contribution in [1.29, 1.82) is 0 Å². The molecule has 0 fully saturated rings. The number of fused-ring (bicyclic) bond motifs is 3. The van der Waals surface area contributed by atoms with Gasteiger partial charge in [-0.25, -0.2) is 0 Å². The number of benzene rings is 1. The van der Waals surface area contributed by atoms with Gasteiger partial charge in [0.05, 0.1) is 6.10 Å². The van der Waals surface area contributed by atoms with Crippen LogP contribution in [-0.4, -0.2) is 12.1 Å². The van der Waals surface area contributed by atoms with E-state index < -0.39 is 7.12 Å². The molecule has 0 saturated carbocycles. The van der Waals surface area contributed by atoms with Crippen LogP contribution in [0.3, 0.4) is 0 Å². The van der Waals surface area contributed by atoms with E-state index >= 15 is 0 Å². The van der Waals surface area contributed by atoms with Crippen LogP contribution in [-0.2, 0) is 17.5 Å². The first-order chi connectivity index (χ1) is 7.31. The van der Waals surface area contributed by atoms with Gasteiger partial charge in [-0.1, -0.05) is 19.1 Å². The van der Waals surface area contributed by atoms with E-state index in [2.05, 4.69) is 13.0 Å². The Morgan fingerprint density at radius 1 is 1.47 bits per heavy atom. The largest absolute Gasteiger partial charge is 0.491 e. The smallest absolute Gasteiger partial charge is 0.423 e. The van der Waals surface area contributed by atoms with E-state index in [9.17, 15) is 5.02 Å². The van der Waals surface area contributed by atoms with Crippen LogP contribution in [0, 0.1) is 0 Å². The highest BCUT2D eigenvalue weighted by atomic mass is 16.5.